The van der Waals surface area contributed by atoms with Crippen LogP contribution in [-0.4, -0.2) is 38.1 Å². The minimum absolute atomic E-state index is 0.00962. The summed E-state index contributed by atoms with van der Waals surface area (Å²) in [6, 6.07) is 14.1. The van der Waals surface area contributed by atoms with Crippen LogP contribution in [0.5, 0.6) is 11.5 Å². The zero-order valence-corrected chi connectivity index (χ0v) is 16.9. The first kappa shape index (κ1) is 20.2. The molecule has 0 radical (unpaired) electrons. The third kappa shape index (κ3) is 5.73. The lowest BCUT2D eigenvalue weighted by molar-refractivity contribution is -0.120. The van der Waals surface area contributed by atoms with Gasteiger partial charge in [-0.2, -0.15) is 0 Å². The number of amides is 1. The molecule has 0 aliphatic carbocycles. The normalized spacial score (nSPS) is 14.5. The van der Waals surface area contributed by atoms with E-state index in [2.05, 4.69) is 34.5 Å². The average Bonchev–Trinajstić information content (AvgIpc) is 2.74. The number of rotatable bonds is 8. The number of ether oxygens (including phenoxy) is 2. The first-order valence-corrected chi connectivity index (χ1v) is 9.95. The van der Waals surface area contributed by atoms with Crippen molar-refractivity contribution in [2.75, 3.05) is 27.3 Å². The predicted molar refractivity (Wildman–Crippen MR) is 111 cm³/mol. The van der Waals surface area contributed by atoms with E-state index >= 15 is 0 Å². The Labute approximate surface area is 167 Å². The molecule has 150 valence electrons. The number of nitrogens with one attached hydrogen (secondary N) is 1. The second kappa shape index (κ2) is 10.1. The van der Waals surface area contributed by atoms with E-state index in [0.29, 0.717) is 24.5 Å². The van der Waals surface area contributed by atoms with Gasteiger partial charge < -0.3 is 14.8 Å². The zero-order valence-electron chi connectivity index (χ0n) is 16.9. The Balaban J connectivity index is 1.47. The third-order valence-corrected chi connectivity index (χ3v) is 5.18. The van der Waals surface area contributed by atoms with Crippen LogP contribution in [0.3, 0.4) is 0 Å². The molecule has 5 nitrogen and oxygen atoms in total. The van der Waals surface area contributed by atoms with E-state index < -0.39 is 0 Å². The van der Waals surface area contributed by atoms with Gasteiger partial charge in [-0.15, -0.1) is 0 Å². The summed E-state index contributed by atoms with van der Waals surface area (Å²) in [5.74, 6) is 1.29. The molecule has 5 heteroatoms. The molecule has 2 aromatic carbocycles. The molecular weight excluding hydrogens is 352 g/mol. The Bertz CT molecular complexity index is 768. The Morgan fingerprint density at radius 3 is 2.21 bits per heavy atom. The van der Waals surface area contributed by atoms with Gasteiger partial charge in [0.25, 0.3) is 0 Å². The van der Waals surface area contributed by atoms with Gasteiger partial charge in [0, 0.05) is 13.1 Å². The van der Waals surface area contributed by atoms with Crippen LogP contribution in [0.2, 0.25) is 0 Å². The summed E-state index contributed by atoms with van der Waals surface area (Å²) in [5, 5.41) is 2.99. The van der Waals surface area contributed by atoms with Crippen LogP contribution in [0.25, 0.3) is 0 Å². The van der Waals surface area contributed by atoms with E-state index in [4.69, 9.17) is 9.47 Å². The van der Waals surface area contributed by atoms with Gasteiger partial charge in [0.1, 0.15) is 0 Å². The number of piperidine rings is 1. The molecule has 2 aromatic rings. The van der Waals surface area contributed by atoms with Gasteiger partial charge in [0.05, 0.1) is 20.6 Å². The molecule has 0 atom stereocenters. The molecule has 1 aliphatic heterocycles. The van der Waals surface area contributed by atoms with Crippen LogP contribution < -0.4 is 14.8 Å². The number of carbonyl (C=O) groups is 1. The molecule has 1 heterocycles. The Morgan fingerprint density at radius 2 is 1.54 bits per heavy atom. The lowest BCUT2D eigenvalue weighted by Gasteiger charge is -2.26. The Morgan fingerprint density at radius 1 is 0.893 bits per heavy atom. The van der Waals surface area contributed by atoms with Gasteiger partial charge in [-0.1, -0.05) is 36.8 Å². The number of benzene rings is 2. The van der Waals surface area contributed by atoms with Crippen molar-refractivity contribution in [3.63, 3.8) is 0 Å². The SMILES string of the molecule is COc1ccc(CC(=O)NCc2ccc(CN3CCCCC3)cc2)cc1OC. The van der Waals surface area contributed by atoms with Crippen LogP contribution in [0, 0.1) is 0 Å². The summed E-state index contributed by atoms with van der Waals surface area (Å²) >= 11 is 0. The first-order chi connectivity index (χ1) is 13.7. The summed E-state index contributed by atoms with van der Waals surface area (Å²) in [6.45, 7) is 3.96. The highest BCUT2D eigenvalue weighted by Gasteiger charge is 2.11. The van der Waals surface area contributed by atoms with Crippen molar-refractivity contribution in [3.8, 4) is 11.5 Å². The monoisotopic (exact) mass is 382 g/mol. The fourth-order valence-electron chi connectivity index (χ4n) is 3.58. The largest absolute Gasteiger partial charge is 0.493 e. The lowest BCUT2D eigenvalue weighted by atomic mass is 10.1. The third-order valence-electron chi connectivity index (χ3n) is 5.18. The fourth-order valence-corrected chi connectivity index (χ4v) is 3.58. The van der Waals surface area contributed by atoms with E-state index in [9.17, 15) is 4.79 Å². The number of nitrogens with zero attached hydrogens (tertiary/aromatic N) is 1. The van der Waals surface area contributed by atoms with E-state index in [1.807, 2.05) is 18.2 Å². The molecule has 1 N–H and O–H groups in total. The fraction of sp³-hybridized carbons (Fsp3) is 0.435. The molecule has 0 saturated carbocycles. The van der Waals surface area contributed by atoms with Gasteiger partial charge in [0.15, 0.2) is 11.5 Å². The summed E-state index contributed by atoms with van der Waals surface area (Å²) in [4.78, 5) is 14.8. The molecule has 1 aliphatic rings. The lowest BCUT2D eigenvalue weighted by Crippen LogP contribution is -2.29. The van der Waals surface area contributed by atoms with Crippen molar-refractivity contribution in [3.05, 3.63) is 59.2 Å². The smallest absolute Gasteiger partial charge is 0.224 e. The minimum atomic E-state index is -0.00962. The van der Waals surface area contributed by atoms with Gasteiger partial charge in [-0.25, -0.2) is 0 Å². The van der Waals surface area contributed by atoms with Gasteiger partial charge in [-0.05, 0) is 54.8 Å². The van der Waals surface area contributed by atoms with Crippen LogP contribution in [0.4, 0.5) is 0 Å². The van der Waals surface area contributed by atoms with E-state index in [1.54, 1.807) is 14.2 Å². The molecule has 1 amide bonds. The van der Waals surface area contributed by atoms with Crippen molar-refractivity contribution >= 4 is 5.91 Å². The standard InChI is InChI=1S/C23H30N2O3/c1-27-21-11-10-20(14-22(21)28-2)15-23(26)24-16-18-6-8-19(9-7-18)17-25-12-4-3-5-13-25/h6-11,14H,3-5,12-13,15-17H2,1-2H3,(H,24,26). The maximum Gasteiger partial charge on any atom is 0.224 e. The highest BCUT2D eigenvalue weighted by atomic mass is 16.5. The first-order valence-electron chi connectivity index (χ1n) is 9.95. The zero-order chi connectivity index (χ0) is 19.8. The second-order valence-corrected chi connectivity index (χ2v) is 7.30. The molecule has 28 heavy (non-hydrogen) atoms. The van der Waals surface area contributed by atoms with Crippen molar-refractivity contribution in [1.29, 1.82) is 0 Å². The summed E-state index contributed by atoms with van der Waals surface area (Å²) < 4.78 is 10.5. The maximum absolute atomic E-state index is 12.3. The highest BCUT2D eigenvalue weighted by molar-refractivity contribution is 5.78. The molecule has 1 fully saturated rings. The second-order valence-electron chi connectivity index (χ2n) is 7.30. The van der Waals surface area contributed by atoms with Gasteiger partial charge in [-0.3, -0.25) is 9.69 Å². The highest BCUT2D eigenvalue weighted by Crippen LogP contribution is 2.27. The molecule has 0 unspecified atom stereocenters. The van der Waals surface area contributed by atoms with Gasteiger partial charge in [0.2, 0.25) is 5.91 Å². The number of carbonyl (C=O) groups excluding carboxylic acids is 1. The molecule has 0 aromatic heterocycles. The average molecular weight is 383 g/mol. The number of methoxy groups -OCH3 is 2. The molecule has 0 spiro atoms. The van der Waals surface area contributed by atoms with Gasteiger partial charge >= 0.3 is 0 Å². The van der Waals surface area contributed by atoms with Crippen molar-refractivity contribution < 1.29 is 14.3 Å². The Kier molecular flexibility index (Phi) is 7.31. The van der Waals surface area contributed by atoms with Crippen molar-refractivity contribution in [2.24, 2.45) is 0 Å². The quantitative estimate of drug-likeness (QED) is 0.759. The predicted octanol–water partition coefficient (Wildman–Crippen LogP) is 3.55. The summed E-state index contributed by atoms with van der Waals surface area (Å²) in [7, 11) is 3.19. The maximum atomic E-state index is 12.3. The minimum Gasteiger partial charge on any atom is -0.493 e. The van der Waals surface area contributed by atoms with Crippen molar-refractivity contribution in [1.82, 2.24) is 10.2 Å². The summed E-state index contributed by atoms with van der Waals surface area (Å²) in [6.07, 6.45) is 4.29. The van der Waals surface area contributed by atoms with Crippen LogP contribution in [-0.2, 0) is 24.3 Å². The molecule has 3 rings (SSSR count). The summed E-state index contributed by atoms with van der Waals surface area (Å²) in [5.41, 5.74) is 3.34. The molecule has 0 bridgehead atoms. The van der Waals surface area contributed by atoms with Crippen LogP contribution in [0.15, 0.2) is 42.5 Å². The number of hydrogen-bond acceptors (Lipinski definition) is 4. The van der Waals surface area contributed by atoms with Crippen molar-refractivity contribution in [2.45, 2.75) is 38.8 Å². The topological polar surface area (TPSA) is 50.8 Å². The number of likely N-dealkylation sites (tertiary alicyclic amines) is 1. The van der Waals surface area contributed by atoms with E-state index in [1.165, 1.54) is 37.9 Å². The Hall–Kier alpha value is -2.53. The van der Waals surface area contributed by atoms with Crippen LogP contribution in [0.1, 0.15) is 36.0 Å². The molecule has 1 saturated heterocycles. The van der Waals surface area contributed by atoms with E-state index in [0.717, 1.165) is 17.7 Å². The van der Waals surface area contributed by atoms with Crippen LogP contribution >= 0.6 is 0 Å². The molecular formula is C23H30N2O3. The van der Waals surface area contributed by atoms with E-state index in [-0.39, 0.29) is 5.91 Å². The number of hydrogen-bond donors (Lipinski definition) is 1.